The molecule has 0 radical (unpaired) electrons. The number of nitrogens with zero attached hydrogens (tertiary/aromatic N) is 6. The summed E-state index contributed by atoms with van der Waals surface area (Å²) < 4.78 is 43.9. The van der Waals surface area contributed by atoms with E-state index in [9.17, 15) is 8.42 Å². The molecule has 0 amide bonds. The summed E-state index contributed by atoms with van der Waals surface area (Å²) in [5, 5.41) is 7.84. The molecule has 1 aliphatic heterocycles. The zero-order valence-electron chi connectivity index (χ0n) is 20.9. The fourth-order valence-corrected chi connectivity index (χ4v) is 5.39. The van der Waals surface area contributed by atoms with Crippen molar-refractivity contribution in [1.29, 1.82) is 0 Å². The molecule has 38 heavy (non-hydrogen) atoms. The highest BCUT2D eigenvalue weighted by atomic mass is 35.5. The molecule has 5 rings (SSSR count). The first-order valence-corrected chi connectivity index (χ1v) is 13.9. The largest absolute Gasteiger partial charge is 0.490 e. The predicted octanol–water partition coefficient (Wildman–Crippen LogP) is 4.06. The molecule has 0 fully saturated rings. The van der Waals surface area contributed by atoms with E-state index >= 15 is 0 Å². The van der Waals surface area contributed by atoms with Crippen LogP contribution in [-0.4, -0.2) is 56.1 Å². The standard InChI is InChI=1S/C25H26ClN7O4S/c1-15(2)37-22(23-28-12-18(26)13-29-23)16(3)38(34,35)32-25-31-30-24-19-8-4-5-9-21(19)36-14-20(33(24)25)17-7-6-10-27-11-17/h4-13,15-16,20,22H,14H2,1-3H3,(H,31,32)/t16-,20+,22+/m0/s1. The van der Waals surface area contributed by atoms with Crippen LogP contribution >= 0.6 is 11.6 Å². The molecule has 11 nitrogen and oxygen atoms in total. The van der Waals surface area contributed by atoms with E-state index in [4.69, 9.17) is 21.1 Å². The van der Waals surface area contributed by atoms with Gasteiger partial charge in [-0.1, -0.05) is 29.8 Å². The molecule has 0 saturated heterocycles. The van der Waals surface area contributed by atoms with Gasteiger partial charge in [0, 0.05) is 24.8 Å². The van der Waals surface area contributed by atoms with E-state index in [0.717, 1.165) is 5.56 Å². The van der Waals surface area contributed by atoms with Crippen molar-refractivity contribution in [1.82, 2.24) is 29.7 Å². The summed E-state index contributed by atoms with van der Waals surface area (Å²) in [4.78, 5) is 12.6. The molecule has 198 valence electrons. The van der Waals surface area contributed by atoms with Crippen LogP contribution in [-0.2, 0) is 14.8 Å². The second-order valence-corrected chi connectivity index (χ2v) is 11.5. The van der Waals surface area contributed by atoms with Gasteiger partial charge in [-0.05, 0) is 44.5 Å². The monoisotopic (exact) mass is 555 g/mol. The average Bonchev–Trinajstić information content (AvgIpc) is 3.22. The van der Waals surface area contributed by atoms with Gasteiger partial charge in [0.25, 0.3) is 0 Å². The highest BCUT2D eigenvalue weighted by molar-refractivity contribution is 7.93. The third-order valence-electron chi connectivity index (χ3n) is 6.06. The third kappa shape index (κ3) is 5.19. The van der Waals surface area contributed by atoms with Crippen LogP contribution in [0.15, 0.2) is 61.2 Å². The smallest absolute Gasteiger partial charge is 0.240 e. The van der Waals surface area contributed by atoms with Crippen molar-refractivity contribution >= 4 is 27.6 Å². The van der Waals surface area contributed by atoms with Crippen LogP contribution < -0.4 is 9.46 Å². The quantitative estimate of drug-likeness (QED) is 0.341. The van der Waals surface area contributed by atoms with Crippen LogP contribution in [0.5, 0.6) is 5.75 Å². The number of halogens is 1. The number of anilines is 1. The van der Waals surface area contributed by atoms with Crippen LogP contribution in [0.1, 0.15) is 44.3 Å². The number of nitrogens with one attached hydrogen (secondary N) is 1. The van der Waals surface area contributed by atoms with Crippen LogP contribution in [0.25, 0.3) is 11.4 Å². The zero-order valence-corrected chi connectivity index (χ0v) is 22.5. The van der Waals surface area contributed by atoms with Crippen molar-refractivity contribution in [2.24, 2.45) is 0 Å². The van der Waals surface area contributed by atoms with Gasteiger partial charge in [-0.25, -0.2) is 18.4 Å². The summed E-state index contributed by atoms with van der Waals surface area (Å²) >= 11 is 5.94. The van der Waals surface area contributed by atoms with Crippen molar-refractivity contribution in [3.63, 3.8) is 0 Å². The van der Waals surface area contributed by atoms with Gasteiger partial charge < -0.3 is 9.47 Å². The Hall–Kier alpha value is -3.61. The summed E-state index contributed by atoms with van der Waals surface area (Å²) in [6.45, 7) is 5.37. The Bertz CT molecular complexity index is 1510. The van der Waals surface area contributed by atoms with Gasteiger partial charge in [0.15, 0.2) is 11.6 Å². The SMILES string of the molecule is CC(C)O[C@@H](c1ncc(Cl)cn1)[C@H](C)S(=O)(=O)Nc1nnc2n1[C@@H](c1cccnc1)COc1ccccc1-2. The maximum Gasteiger partial charge on any atom is 0.240 e. The minimum absolute atomic E-state index is 0.0429. The highest BCUT2D eigenvalue weighted by Gasteiger charge is 2.37. The molecule has 1 N–H and O–H groups in total. The van der Waals surface area contributed by atoms with Crippen molar-refractivity contribution < 1.29 is 17.9 Å². The number of fused-ring (bicyclic) bond motifs is 3. The summed E-state index contributed by atoms with van der Waals surface area (Å²) in [6.07, 6.45) is 4.93. The lowest BCUT2D eigenvalue weighted by atomic mass is 10.1. The second kappa shape index (κ2) is 10.6. The Kier molecular flexibility index (Phi) is 7.28. The lowest BCUT2D eigenvalue weighted by Gasteiger charge is -2.26. The Morgan fingerprint density at radius 2 is 1.84 bits per heavy atom. The van der Waals surface area contributed by atoms with Gasteiger partial charge in [-0.3, -0.25) is 14.3 Å². The minimum Gasteiger partial charge on any atom is -0.490 e. The molecule has 4 aromatic rings. The predicted molar refractivity (Wildman–Crippen MR) is 141 cm³/mol. The summed E-state index contributed by atoms with van der Waals surface area (Å²) in [5.41, 5.74) is 1.51. The maximum atomic E-state index is 13.7. The van der Waals surface area contributed by atoms with Gasteiger partial charge in [0.05, 0.1) is 22.7 Å². The van der Waals surface area contributed by atoms with Gasteiger partial charge in [-0.15, -0.1) is 10.2 Å². The summed E-state index contributed by atoms with van der Waals surface area (Å²) in [5.74, 6) is 1.34. The van der Waals surface area contributed by atoms with Gasteiger partial charge >= 0.3 is 0 Å². The first kappa shape index (κ1) is 26.0. The van der Waals surface area contributed by atoms with Gasteiger partial charge in [0.1, 0.15) is 23.7 Å². The molecule has 0 saturated carbocycles. The number of benzene rings is 1. The number of rotatable bonds is 8. The van der Waals surface area contributed by atoms with Crippen molar-refractivity contribution in [3.05, 3.63) is 77.6 Å². The van der Waals surface area contributed by atoms with E-state index in [-0.39, 0.29) is 24.5 Å². The topological polar surface area (TPSA) is 134 Å². The third-order valence-corrected chi connectivity index (χ3v) is 7.95. The average molecular weight is 556 g/mol. The van der Waals surface area contributed by atoms with E-state index < -0.39 is 27.4 Å². The molecule has 13 heteroatoms. The number of hydrogen-bond acceptors (Lipinski definition) is 9. The maximum absolute atomic E-state index is 13.7. The molecule has 3 atom stereocenters. The Morgan fingerprint density at radius 1 is 1.08 bits per heavy atom. The minimum atomic E-state index is -4.08. The Balaban J connectivity index is 1.55. The molecular formula is C25H26ClN7O4S. The second-order valence-electron chi connectivity index (χ2n) is 9.04. The lowest BCUT2D eigenvalue weighted by molar-refractivity contribution is 0.00154. The van der Waals surface area contributed by atoms with E-state index in [2.05, 4.69) is 29.9 Å². The van der Waals surface area contributed by atoms with Crippen LogP contribution in [0.4, 0.5) is 5.95 Å². The fraction of sp³-hybridized carbons (Fsp3) is 0.320. The zero-order chi connectivity index (χ0) is 26.9. The van der Waals surface area contributed by atoms with Crippen molar-refractivity contribution in [2.75, 3.05) is 11.3 Å². The molecule has 1 aromatic carbocycles. The number of aromatic nitrogens is 6. The normalized spacial score (nSPS) is 16.6. The molecule has 0 bridgehead atoms. The fourth-order valence-electron chi connectivity index (χ4n) is 4.21. The van der Waals surface area contributed by atoms with Crippen molar-refractivity contribution in [2.45, 2.75) is 44.3 Å². The van der Waals surface area contributed by atoms with E-state index in [1.54, 1.807) is 17.0 Å². The van der Waals surface area contributed by atoms with E-state index in [1.165, 1.54) is 19.3 Å². The molecule has 0 aliphatic carbocycles. The Morgan fingerprint density at radius 3 is 2.55 bits per heavy atom. The first-order chi connectivity index (χ1) is 18.2. The summed E-state index contributed by atoms with van der Waals surface area (Å²) in [7, 11) is -4.08. The molecule has 1 aliphatic rings. The Labute approximate surface area is 225 Å². The number of sulfonamides is 1. The van der Waals surface area contributed by atoms with Crippen LogP contribution in [0.2, 0.25) is 5.02 Å². The number of hydrogen-bond donors (Lipinski definition) is 1. The van der Waals surface area contributed by atoms with Crippen LogP contribution in [0.3, 0.4) is 0 Å². The van der Waals surface area contributed by atoms with Crippen molar-refractivity contribution in [3.8, 4) is 17.1 Å². The van der Waals surface area contributed by atoms with Crippen LogP contribution in [0, 0.1) is 0 Å². The molecule has 3 aromatic heterocycles. The number of para-hydroxylation sites is 1. The summed E-state index contributed by atoms with van der Waals surface area (Å²) in [6, 6.07) is 10.7. The van der Waals surface area contributed by atoms with Gasteiger partial charge in [-0.2, -0.15) is 0 Å². The molecule has 0 unspecified atom stereocenters. The highest BCUT2D eigenvalue weighted by Crippen LogP contribution is 2.38. The molecular weight excluding hydrogens is 530 g/mol. The number of pyridine rings is 1. The lowest BCUT2D eigenvalue weighted by Crippen LogP contribution is -2.35. The first-order valence-electron chi connectivity index (χ1n) is 12.0. The van der Waals surface area contributed by atoms with Gasteiger partial charge in [0.2, 0.25) is 16.0 Å². The van der Waals surface area contributed by atoms with E-state index in [0.29, 0.717) is 22.2 Å². The van der Waals surface area contributed by atoms with E-state index in [1.807, 2.05) is 50.2 Å². The molecule has 4 heterocycles. The molecule has 0 spiro atoms. The number of ether oxygens (including phenoxy) is 2.